The Bertz CT molecular complexity index is 1110. The Hall–Kier alpha value is -3.66. The molecule has 2 aromatic carbocycles. The highest BCUT2D eigenvalue weighted by atomic mass is 32.1. The van der Waals surface area contributed by atoms with Crippen molar-refractivity contribution in [2.75, 3.05) is 11.9 Å². The molecule has 2 amide bonds. The minimum atomic E-state index is -1.17. The van der Waals surface area contributed by atoms with E-state index in [0.29, 0.717) is 11.4 Å². The summed E-state index contributed by atoms with van der Waals surface area (Å²) in [6.45, 7) is 1.05. The van der Waals surface area contributed by atoms with Crippen LogP contribution >= 0.6 is 11.3 Å². The van der Waals surface area contributed by atoms with Crippen LogP contribution in [-0.2, 0) is 4.79 Å². The Morgan fingerprint density at radius 2 is 1.67 bits per heavy atom. The Balaban J connectivity index is 1.75. The monoisotopic (exact) mass is 431 g/mol. The molecule has 0 aliphatic carbocycles. The summed E-state index contributed by atoms with van der Waals surface area (Å²) in [5.74, 6) is -3.79. The summed E-state index contributed by atoms with van der Waals surface area (Å²) in [6, 6.07) is 9.27. The van der Waals surface area contributed by atoms with Crippen LogP contribution in [0.3, 0.4) is 0 Å². The lowest BCUT2D eigenvalue weighted by molar-refractivity contribution is -0.135. The smallest absolute Gasteiger partial charge is 0.322 e. The number of anilines is 1. The van der Waals surface area contributed by atoms with E-state index in [2.05, 4.69) is 15.6 Å². The molecule has 0 saturated heterocycles. The van der Waals surface area contributed by atoms with E-state index in [1.165, 1.54) is 30.3 Å². The van der Waals surface area contributed by atoms with Crippen LogP contribution in [-0.4, -0.2) is 34.4 Å². The molecule has 7 nitrogen and oxygen atoms in total. The molecule has 0 bridgehead atoms. The third-order valence-electron chi connectivity index (χ3n) is 3.98. The van der Waals surface area contributed by atoms with Gasteiger partial charge >= 0.3 is 5.97 Å². The molecule has 0 atom stereocenters. The number of aryl methyl sites for hydroxylation is 1. The molecule has 10 heteroatoms. The summed E-state index contributed by atoms with van der Waals surface area (Å²) >= 11 is 0.863. The lowest BCUT2D eigenvalue weighted by Crippen LogP contribution is -2.29. The Morgan fingerprint density at radius 3 is 2.27 bits per heavy atom. The maximum absolute atomic E-state index is 14.0. The fourth-order valence-corrected chi connectivity index (χ4v) is 3.58. The molecule has 1 heterocycles. The van der Waals surface area contributed by atoms with Crippen LogP contribution in [0, 0.1) is 18.6 Å². The average Bonchev–Trinajstić information content (AvgIpc) is 3.08. The minimum Gasteiger partial charge on any atom is -0.480 e. The van der Waals surface area contributed by atoms with Gasteiger partial charge in [-0.2, -0.15) is 0 Å². The lowest BCUT2D eigenvalue weighted by Gasteiger charge is -2.06. The summed E-state index contributed by atoms with van der Waals surface area (Å²) in [7, 11) is 0. The van der Waals surface area contributed by atoms with Gasteiger partial charge in [0, 0.05) is 11.3 Å². The first kappa shape index (κ1) is 21.1. The maximum atomic E-state index is 14.0. The summed E-state index contributed by atoms with van der Waals surface area (Å²) in [4.78, 5) is 39.2. The van der Waals surface area contributed by atoms with Crippen LogP contribution in [0.2, 0.25) is 0 Å². The van der Waals surface area contributed by atoms with Crippen molar-refractivity contribution in [2.45, 2.75) is 6.92 Å². The number of aromatic nitrogens is 1. The zero-order valence-electron chi connectivity index (χ0n) is 15.5. The van der Waals surface area contributed by atoms with E-state index in [4.69, 9.17) is 5.11 Å². The molecule has 3 N–H and O–H groups in total. The summed E-state index contributed by atoms with van der Waals surface area (Å²) in [5.41, 5.74) is 0.628. The second kappa shape index (κ2) is 8.78. The van der Waals surface area contributed by atoms with E-state index in [0.717, 1.165) is 23.5 Å². The van der Waals surface area contributed by atoms with Gasteiger partial charge in [-0.3, -0.25) is 14.4 Å². The van der Waals surface area contributed by atoms with Crippen LogP contribution in [0.1, 0.15) is 25.7 Å². The average molecular weight is 431 g/mol. The predicted molar refractivity (Wildman–Crippen MR) is 107 cm³/mol. The summed E-state index contributed by atoms with van der Waals surface area (Å²) < 4.78 is 28.0. The summed E-state index contributed by atoms with van der Waals surface area (Å²) in [5, 5.41) is 13.5. The number of hydrogen-bond acceptors (Lipinski definition) is 5. The molecule has 1 aromatic heterocycles. The van der Waals surface area contributed by atoms with Crippen molar-refractivity contribution in [1.82, 2.24) is 10.3 Å². The zero-order valence-corrected chi connectivity index (χ0v) is 16.3. The van der Waals surface area contributed by atoms with E-state index in [1.807, 2.05) is 0 Å². The zero-order chi connectivity index (χ0) is 21.8. The first-order chi connectivity index (χ1) is 14.3. The minimum absolute atomic E-state index is 0.0544. The number of rotatable bonds is 6. The van der Waals surface area contributed by atoms with E-state index >= 15 is 0 Å². The molecule has 0 aliphatic heterocycles. The molecule has 0 fully saturated rings. The van der Waals surface area contributed by atoms with Gasteiger partial charge in [0.1, 0.15) is 28.1 Å². The van der Waals surface area contributed by atoms with Crippen molar-refractivity contribution in [1.29, 1.82) is 0 Å². The van der Waals surface area contributed by atoms with Crippen LogP contribution < -0.4 is 10.6 Å². The number of nitrogens with one attached hydrogen (secondary N) is 2. The molecule has 3 rings (SSSR count). The van der Waals surface area contributed by atoms with Crippen LogP contribution in [0.25, 0.3) is 10.6 Å². The van der Waals surface area contributed by atoms with Gasteiger partial charge in [0.15, 0.2) is 0 Å². The molecule has 0 spiro atoms. The SMILES string of the molecule is Cc1nc(-c2c(F)cccc2F)sc1C(=O)Nc1ccc(C(=O)NCC(=O)O)cc1. The van der Waals surface area contributed by atoms with Crippen molar-refractivity contribution in [3.63, 3.8) is 0 Å². The van der Waals surface area contributed by atoms with Crippen LogP contribution in [0.4, 0.5) is 14.5 Å². The highest BCUT2D eigenvalue weighted by Crippen LogP contribution is 2.32. The van der Waals surface area contributed by atoms with Crippen molar-refractivity contribution < 1.29 is 28.3 Å². The quantitative estimate of drug-likeness (QED) is 0.554. The standard InChI is InChI=1S/C20H15F2N3O4S/c1-10-17(30-20(24-10)16-13(21)3-2-4-14(16)22)19(29)25-12-7-5-11(6-8-12)18(28)23-9-15(26)27/h2-8H,9H2,1H3,(H,23,28)(H,25,29)(H,26,27). The van der Waals surface area contributed by atoms with E-state index in [-0.39, 0.29) is 21.0 Å². The number of nitrogens with zero attached hydrogens (tertiary/aromatic N) is 1. The maximum Gasteiger partial charge on any atom is 0.322 e. The molecule has 30 heavy (non-hydrogen) atoms. The molecular weight excluding hydrogens is 416 g/mol. The van der Waals surface area contributed by atoms with Gasteiger partial charge in [-0.15, -0.1) is 11.3 Å². The third-order valence-corrected chi connectivity index (χ3v) is 5.16. The van der Waals surface area contributed by atoms with E-state index in [1.54, 1.807) is 6.92 Å². The van der Waals surface area contributed by atoms with Gasteiger partial charge < -0.3 is 15.7 Å². The van der Waals surface area contributed by atoms with Crippen molar-refractivity contribution in [3.05, 3.63) is 70.2 Å². The number of hydrogen-bond donors (Lipinski definition) is 3. The van der Waals surface area contributed by atoms with Crippen molar-refractivity contribution in [3.8, 4) is 10.6 Å². The number of thiazole rings is 1. The number of carboxylic acid groups (broad SMARTS) is 1. The van der Waals surface area contributed by atoms with Crippen LogP contribution in [0.15, 0.2) is 42.5 Å². The van der Waals surface area contributed by atoms with Gasteiger partial charge in [-0.25, -0.2) is 13.8 Å². The van der Waals surface area contributed by atoms with Gasteiger partial charge in [-0.05, 0) is 43.3 Å². The molecule has 3 aromatic rings. The first-order valence-electron chi connectivity index (χ1n) is 8.59. The van der Waals surface area contributed by atoms with Crippen molar-refractivity contribution in [2.24, 2.45) is 0 Å². The Labute approximate surface area is 173 Å². The third kappa shape index (κ3) is 4.66. The van der Waals surface area contributed by atoms with Gasteiger partial charge in [0.25, 0.3) is 11.8 Å². The van der Waals surface area contributed by atoms with E-state index in [9.17, 15) is 23.2 Å². The lowest BCUT2D eigenvalue weighted by atomic mass is 10.2. The topological polar surface area (TPSA) is 108 Å². The van der Waals surface area contributed by atoms with Gasteiger partial charge in [0.05, 0.1) is 11.3 Å². The summed E-state index contributed by atoms with van der Waals surface area (Å²) in [6.07, 6.45) is 0. The predicted octanol–water partition coefficient (Wildman–Crippen LogP) is 3.46. The second-order valence-electron chi connectivity index (χ2n) is 6.14. The Morgan fingerprint density at radius 1 is 1.03 bits per heavy atom. The highest BCUT2D eigenvalue weighted by molar-refractivity contribution is 7.17. The van der Waals surface area contributed by atoms with Crippen LogP contribution in [0.5, 0.6) is 0 Å². The van der Waals surface area contributed by atoms with Gasteiger partial charge in [0.2, 0.25) is 0 Å². The Kier molecular flexibility index (Phi) is 6.17. The normalized spacial score (nSPS) is 10.5. The molecular formula is C20H15F2N3O4S. The number of halogens is 2. The first-order valence-corrected chi connectivity index (χ1v) is 9.41. The number of carboxylic acids is 1. The number of benzene rings is 2. The molecule has 0 radical (unpaired) electrons. The molecule has 0 unspecified atom stereocenters. The van der Waals surface area contributed by atoms with E-state index < -0.39 is 36.0 Å². The molecule has 0 saturated carbocycles. The number of amides is 2. The molecule has 154 valence electrons. The number of carbonyl (C=O) groups excluding carboxylic acids is 2. The number of aliphatic carboxylic acids is 1. The molecule has 0 aliphatic rings. The number of carbonyl (C=O) groups is 3. The van der Waals surface area contributed by atoms with Crippen molar-refractivity contribution >= 4 is 34.8 Å². The van der Waals surface area contributed by atoms with Gasteiger partial charge in [-0.1, -0.05) is 6.07 Å². The highest BCUT2D eigenvalue weighted by Gasteiger charge is 2.20. The fourth-order valence-electron chi connectivity index (χ4n) is 2.57. The fraction of sp³-hybridized carbons (Fsp3) is 0.100. The largest absolute Gasteiger partial charge is 0.480 e. The second-order valence-corrected chi connectivity index (χ2v) is 7.14.